The Hall–Kier alpha value is -2.73. The summed E-state index contributed by atoms with van der Waals surface area (Å²) in [6, 6.07) is 8.59. The van der Waals surface area contributed by atoms with Crippen molar-refractivity contribution in [3.05, 3.63) is 52.6 Å². The molecule has 1 saturated heterocycles. The van der Waals surface area contributed by atoms with E-state index in [0.29, 0.717) is 18.7 Å². The number of phenolic OH excluding ortho intramolecular Hbond substituents is 2. The number of phenols is 2. The molecule has 1 fully saturated rings. The van der Waals surface area contributed by atoms with Crippen LogP contribution < -0.4 is 4.74 Å². The van der Waals surface area contributed by atoms with Crippen molar-refractivity contribution in [1.29, 1.82) is 0 Å². The van der Waals surface area contributed by atoms with Crippen molar-refractivity contribution in [1.82, 2.24) is 9.80 Å². The zero-order valence-electron chi connectivity index (χ0n) is 16.9. The monoisotopic (exact) mass is 384 g/mol. The highest BCUT2D eigenvalue weighted by atomic mass is 16.5. The summed E-state index contributed by atoms with van der Waals surface area (Å²) in [7, 11) is 1.69. The molecule has 1 atom stereocenters. The minimum absolute atomic E-state index is 0.126. The lowest BCUT2D eigenvalue weighted by Crippen LogP contribution is -2.49. The van der Waals surface area contributed by atoms with Crippen molar-refractivity contribution in [2.45, 2.75) is 26.8 Å². The number of rotatable bonds is 4. The molecular formula is C22H28N2O4. The smallest absolute Gasteiger partial charge is 0.254 e. The largest absolute Gasteiger partial charge is 0.504 e. The first-order valence-electron chi connectivity index (χ1n) is 9.53. The fraction of sp³-hybridized carbons (Fsp3) is 0.409. The van der Waals surface area contributed by atoms with Crippen LogP contribution in [0.5, 0.6) is 17.2 Å². The number of ether oxygens (including phenoxy) is 1. The average Bonchev–Trinajstić information content (AvgIpc) is 2.71. The Labute approximate surface area is 166 Å². The van der Waals surface area contributed by atoms with Gasteiger partial charge in [0.25, 0.3) is 5.91 Å². The number of aromatic hydroxyl groups is 2. The number of benzene rings is 2. The Kier molecular flexibility index (Phi) is 5.79. The quantitative estimate of drug-likeness (QED) is 0.792. The summed E-state index contributed by atoms with van der Waals surface area (Å²) in [5.74, 6) is 0.281. The lowest BCUT2D eigenvalue weighted by Gasteiger charge is -2.38. The molecule has 2 aromatic carbocycles. The van der Waals surface area contributed by atoms with E-state index < -0.39 is 0 Å². The van der Waals surface area contributed by atoms with E-state index in [2.05, 4.69) is 31.7 Å². The van der Waals surface area contributed by atoms with Crippen LogP contribution in [0.2, 0.25) is 0 Å². The molecule has 1 unspecified atom stereocenters. The molecular weight excluding hydrogens is 356 g/mol. The standard InChI is InChI=1S/C22H28N2O4/c1-14-15(2)21(28-4)8-6-18(14)16(3)23-9-11-24(12-10-23)22(27)17-5-7-19(25)20(26)13-17/h5-8,13,16,25-26H,9-12H2,1-4H3. The summed E-state index contributed by atoms with van der Waals surface area (Å²) in [4.78, 5) is 16.9. The van der Waals surface area contributed by atoms with Gasteiger partial charge in [-0.1, -0.05) is 6.07 Å². The van der Waals surface area contributed by atoms with Gasteiger partial charge in [-0.3, -0.25) is 9.69 Å². The molecule has 0 saturated carbocycles. The molecule has 0 aromatic heterocycles. The number of hydrogen-bond acceptors (Lipinski definition) is 5. The molecule has 2 N–H and O–H groups in total. The number of carbonyl (C=O) groups excluding carboxylic acids is 1. The van der Waals surface area contributed by atoms with Gasteiger partial charge in [0, 0.05) is 37.8 Å². The lowest BCUT2D eigenvalue weighted by molar-refractivity contribution is 0.0581. The Morgan fingerprint density at radius 1 is 1.00 bits per heavy atom. The first-order chi connectivity index (χ1) is 13.3. The minimum atomic E-state index is -0.275. The molecule has 0 spiro atoms. The van der Waals surface area contributed by atoms with Crippen LogP contribution in [0, 0.1) is 13.8 Å². The molecule has 28 heavy (non-hydrogen) atoms. The predicted octanol–water partition coefficient (Wildman–Crippen LogP) is 3.24. The van der Waals surface area contributed by atoms with E-state index in [0.717, 1.165) is 24.4 Å². The van der Waals surface area contributed by atoms with Crippen molar-refractivity contribution in [2.75, 3.05) is 33.3 Å². The van der Waals surface area contributed by atoms with Gasteiger partial charge in [0.2, 0.25) is 0 Å². The molecule has 6 nitrogen and oxygen atoms in total. The zero-order chi connectivity index (χ0) is 20.4. The summed E-state index contributed by atoms with van der Waals surface area (Å²) in [5, 5.41) is 19.1. The number of amides is 1. The van der Waals surface area contributed by atoms with Crippen molar-refractivity contribution in [2.24, 2.45) is 0 Å². The van der Waals surface area contributed by atoms with Gasteiger partial charge in [0.1, 0.15) is 5.75 Å². The van der Waals surface area contributed by atoms with Crippen molar-refractivity contribution < 1.29 is 19.7 Å². The van der Waals surface area contributed by atoms with Crippen LogP contribution in [-0.2, 0) is 0 Å². The van der Waals surface area contributed by atoms with Gasteiger partial charge >= 0.3 is 0 Å². The van der Waals surface area contributed by atoms with Gasteiger partial charge in [0.15, 0.2) is 11.5 Å². The number of piperazine rings is 1. The Morgan fingerprint density at radius 3 is 2.29 bits per heavy atom. The summed E-state index contributed by atoms with van der Waals surface area (Å²) >= 11 is 0. The summed E-state index contributed by atoms with van der Waals surface area (Å²) in [5.41, 5.74) is 4.07. The van der Waals surface area contributed by atoms with E-state index in [-0.39, 0.29) is 23.4 Å². The number of nitrogens with zero attached hydrogens (tertiary/aromatic N) is 2. The van der Waals surface area contributed by atoms with Crippen LogP contribution in [0.25, 0.3) is 0 Å². The second kappa shape index (κ2) is 8.10. The predicted molar refractivity (Wildman–Crippen MR) is 108 cm³/mol. The second-order valence-electron chi connectivity index (χ2n) is 7.31. The molecule has 0 radical (unpaired) electrons. The summed E-state index contributed by atoms with van der Waals surface area (Å²) < 4.78 is 5.41. The van der Waals surface area contributed by atoms with Crippen molar-refractivity contribution in [3.63, 3.8) is 0 Å². The maximum atomic E-state index is 12.7. The Balaban J connectivity index is 1.67. The van der Waals surface area contributed by atoms with E-state index in [9.17, 15) is 15.0 Å². The molecule has 1 heterocycles. The van der Waals surface area contributed by atoms with Crippen molar-refractivity contribution in [3.8, 4) is 17.2 Å². The third kappa shape index (κ3) is 3.78. The van der Waals surface area contributed by atoms with E-state index in [1.54, 1.807) is 12.0 Å². The number of carbonyl (C=O) groups is 1. The van der Waals surface area contributed by atoms with E-state index >= 15 is 0 Å². The first kappa shape index (κ1) is 20.0. The zero-order valence-corrected chi connectivity index (χ0v) is 16.9. The summed E-state index contributed by atoms with van der Waals surface area (Å²) in [6.07, 6.45) is 0. The maximum absolute atomic E-state index is 12.7. The molecule has 150 valence electrons. The average molecular weight is 384 g/mol. The summed E-state index contributed by atoms with van der Waals surface area (Å²) in [6.45, 7) is 9.21. The van der Waals surface area contributed by atoms with Crippen LogP contribution >= 0.6 is 0 Å². The van der Waals surface area contributed by atoms with Gasteiger partial charge in [0.05, 0.1) is 7.11 Å². The molecule has 3 rings (SSSR count). The topological polar surface area (TPSA) is 73.2 Å². The molecule has 6 heteroatoms. The van der Waals surface area contributed by atoms with Gasteiger partial charge in [-0.05, 0) is 61.7 Å². The highest BCUT2D eigenvalue weighted by Crippen LogP contribution is 2.31. The van der Waals surface area contributed by atoms with Gasteiger partial charge in [-0.2, -0.15) is 0 Å². The van der Waals surface area contributed by atoms with Gasteiger partial charge in [-0.15, -0.1) is 0 Å². The SMILES string of the molecule is COc1ccc(C(C)N2CCN(C(=O)c3ccc(O)c(O)c3)CC2)c(C)c1C. The second-order valence-corrected chi connectivity index (χ2v) is 7.31. The Morgan fingerprint density at radius 2 is 1.68 bits per heavy atom. The van der Waals surface area contributed by atoms with E-state index in [1.807, 2.05) is 6.07 Å². The van der Waals surface area contributed by atoms with E-state index in [1.165, 1.54) is 29.3 Å². The minimum Gasteiger partial charge on any atom is -0.504 e. The molecule has 1 aliphatic heterocycles. The van der Waals surface area contributed by atoms with Crippen LogP contribution in [-0.4, -0.2) is 59.2 Å². The molecule has 0 bridgehead atoms. The number of hydrogen-bond donors (Lipinski definition) is 2. The fourth-order valence-corrected chi connectivity index (χ4v) is 3.84. The normalized spacial score (nSPS) is 16.1. The van der Waals surface area contributed by atoms with Crippen LogP contribution in [0.4, 0.5) is 0 Å². The molecule has 1 amide bonds. The highest BCUT2D eigenvalue weighted by Gasteiger charge is 2.26. The number of methoxy groups -OCH3 is 1. The Bertz CT molecular complexity index is 873. The van der Waals surface area contributed by atoms with Crippen LogP contribution in [0.15, 0.2) is 30.3 Å². The lowest BCUT2D eigenvalue weighted by atomic mass is 9.96. The molecule has 0 aliphatic carbocycles. The van der Waals surface area contributed by atoms with Gasteiger partial charge in [-0.25, -0.2) is 0 Å². The maximum Gasteiger partial charge on any atom is 0.254 e. The molecule has 1 aliphatic rings. The fourth-order valence-electron chi connectivity index (χ4n) is 3.84. The molecule has 2 aromatic rings. The van der Waals surface area contributed by atoms with Crippen LogP contribution in [0.3, 0.4) is 0 Å². The highest BCUT2D eigenvalue weighted by molar-refractivity contribution is 5.95. The third-order valence-electron chi connectivity index (χ3n) is 5.82. The first-order valence-corrected chi connectivity index (χ1v) is 9.53. The third-order valence-corrected chi connectivity index (χ3v) is 5.82. The van der Waals surface area contributed by atoms with Gasteiger partial charge < -0.3 is 19.8 Å². The van der Waals surface area contributed by atoms with Crippen LogP contribution in [0.1, 0.15) is 40.0 Å². The van der Waals surface area contributed by atoms with Crippen molar-refractivity contribution >= 4 is 5.91 Å². The van der Waals surface area contributed by atoms with E-state index in [4.69, 9.17) is 4.74 Å².